The van der Waals surface area contributed by atoms with Gasteiger partial charge in [-0.1, -0.05) is 25.1 Å². The molecular formula is C23H31N5O4S. The van der Waals surface area contributed by atoms with E-state index in [0.29, 0.717) is 24.7 Å². The maximum Gasteiger partial charge on any atom is 0.328 e. The Morgan fingerprint density at radius 1 is 1.06 bits per heavy atom. The summed E-state index contributed by atoms with van der Waals surface area (Å²) < 4.78 is 27.1. The molecule has 1 fully saturated rings. The molecule has 3 N–H and O–H groups in total. The number of carbonyl (C=O) groups is 2. The minimum absolute atomic E-state index is 0.00528. The third kappa shape index (κ3) is 7.18. The SMILES string of the molecule is CC1CCC(NC(=O)NS(=O)(=O)c2ccc(CCNC(=O)N(C)c3ccccn3)cc2)CC1. The summed E-state index contributed by atoms with van der Waals surface area (Å²) in [5.41, 5.74) is 0.857. The van der Waals surface area contributed by atoms with E-state index in [-0.39, 0.29) is 17.0 Å². The van der Waals surface area contributed by atoms with E-state index in [1.807, 2.05) is 0 Å². The molecule has 178 valence electrons. The average Bonchev–Trinajstić information content (AvgIpc) is 2.80. The van der Waals surface area contributed by atoms with Crippen molar-refractivity contribution in [3.63, 3.8) is 0 Å². The highest BCUT2D eigenvalue weighted by Gasteiger charge is 2.23. The molecule has 3 rings (SSSR count). The van der Waals surface area contributed by atoms with Crippen LogP contribution in [-0.2, 0) is 16.4 Å². The number of aromatic nitrogens is 1. The Morgan fingerprint density at radius 2 is 1.76 bits per heavy atom. The van der Waals surface area contributed by atoms with Crippen LogP contribution in [0.5, 0.6) is 0 Å². The van der Waals surface area contributed by atoms with Gasteiger partial charge in [-0.25, -0.2) is 27.7 Å². The van der Waals surface area contributed by atoms with E-state index in [2.05, 4.69) is 27.3 Å². The highest BCUT2D eigenvalue weighted by atomic mass is 32.2. The van der Waals surface area contributed by atoms with Gasteiger partial charge >= 0.3 is 12.1 Å². The number of hydrogen-bond acceptors (Lipinski definition) is 5. The average molecular weight is 474 g/mol. The molecule has 0 radical (unpaired) electrons. The molecule has 1 aromatic heterocycles. The molecule has 1 aliphatic rings. The zero-order valence-corrected chi connectivity index (χ0v) is 19.8. The van der Waals surface area contributed by atoms with Crippen LogP contribution < -0.4 is 20.3 Å². The van der Waals surface area contributed by atoms with E-state index in [9.17, 15) is 18.0 Å². The molecule has 1 heterocycles. The fraction of sp³-hybridized carbons (Fsp3) is 0.435. The summed E-state index contributed by atoms with van der Waals surface area (Å²) in [6.07, 6.45) is 5.91. The lowest BCUT2D eigenvalue weighted by molar-refractivity contribution is 0.233. The summed E-state index contributed by atoms with van der Waals surface area (Å²) in [6.45, 7) is 2.56. The number of urea groups is 2. The lowest BCUT2D eigenvalue weighted by atomic mass is 9.87. The molecule has 2 aromatic rings. The van der Waals surface area contributed by atoms with Crippen LogP contribution in [0.25, 0.3) is 0 Å². The van der Waals surface area contributed by atoms with Crippen LogP contribution in [0.3, 0.4) is 0 Å². The Hall–Kier alpha value is -3.14. The number of nitrogens with one attached hydrogen (secondary N) is 3. The van der Waals surface area contributed by atoms with Crippen molar-refractivity contribution in [3.8, 4) is 0 Å². The highest BCUT2D eigenvalue weighted by Crippen LogP contribution is 2.23. The summed E-state index contributed by atoms with van der Waals surface area (Å²) in [7, 11) is -2.32. The van der Waals surface area contributed by atoms with E-state index in [1.54, 1.807) is 43.6 Å². The molecule has 33 heavy (non-hydrogen) atoms. The molecule has 0 saturated heterocycles. The van der Waals surface area contributed by atoms with Crippen LogP contribution in [0, 0.1) is 5.92 Å². The third-order valence-electron chi connectivity index (χ3n) is 5.80. The van der Waals surface area contributed by atoms with E-state index in [0.717, 1.165) is 31.2 Å². The number of hydrogen-bond donors (Lipinski definition) is 3. The number of benzene rings is 1. The second-order valence-corrected chi connectivity index (χ2v) is 10.1. The highest BCUT2D eigenvalue weighted by molar-refractivity contribution is 7.90. The summed E-state index contributed by atoms with van der Waals surface area (Å²) in [5, 5.41) is 5.56. The van der Waals surface area contributed by atoms with Crippen LogP contribution in [0.15, 0.2) is 53.6 Å². The first-order valence-corrected chi connectivity index (χ1v) is 12.6. The van der Waals surface area contributed by atoms with Crippen LogP contribution in [0.4, 0.5) is 15.4 Å². The van der Waals surface area contributed by atoms with Crippen LogP contribution in [0.2, 0.25) is 0 Å². The molecule has 1 saturated carbocycles. The van der Waals surface area contributed by atoms with Crippen molar-refractivity contribution in [1.82, 2.24) is 20.3 Å². The summed E-state index contributed by atoms with van der Waals surface area (Å²) in [4.78, 5) is 29.9. The molecule has 0 unspecified atom stereocenters. The topological polar surface area (TPSA) is 120 Å². The van der Waals surface area contributed by atoms with Gasteiger partial charge in [0.2, 0.25) is 0 Å². The number of rotatable bonds is 7. The molecule has 0 spiro atoms. The van der Waals surface area contributed by atoms with Crippen molar-refractivity contribution in [3.05, 3.63) is 54.2 Å². The number of anilines is 1. The van der Waals surface area contributed by atoms with Crippen LogP contribution in [-0.4, -0.2) is 45.1 Å². The van der Waals surface area contributed by atoms with Gasteiger partial charge in [-0.2, -0.15) is 0 Å². The fourth-order valence-electron chi connectivity index (χ4n) is 3.72. The quantitative estimate of drug-likeness (QED) is 0.571. The van der Waals surface area contributed by atoms with Gasteiger partial charge in [0.25, 0.3) is 10.0 Å². The van der Waals surface area contributed by atoms with E-state index in [1.165, 1.54) is 17.0 Å². The van der Waals surface area contributed by atoms with Crippen molar-refractivity contribution < 1.29 is 18.0 Å². The Bertz CT molecular complexity index is 1040. The third-order valence-corrected chi connectivity index (χ3v) is 7.15. The smallest absolute Gasteiger partial charge is 0.328 e. The van der Waals surface area contributed by atoms with Gasteiger partial charge in [0.15, 0.2) is 0 Å². The predicted molar refractivity (Wildman–Crippen MR) is 126 cm³/mol. The van der Waals surface area contributed by atoms with Crippen molar-refractivity contribution in [2.75, 3.05) is 18.5 Å². The number of amides is 4. The largest absolute Gasteiger partial charge is 0.337 e. The Balaban J connectivity index is 1.46. The standard InChI is InChI=1S/C23H31N5O4S/c1-17-6-10-19(11-7-17)26-22(29)27-33(31,32)20-12-8-18(9-13-20)14-16-25-23(30)28(2)21-5-3-4-15-24-21/h3-5,8-9,12-13,15,17,19H,6-7,10-11,14,16H2,1-2H3,(H,25,30)(H2,26,27,29). The lowest BCUT2D eigenvalue weighted by Crippen LogP contribution is -2.45. The number of pyridine rings is 1. The van der Waals surface area contributed by atoms with Crippen molar-refractivity contribution in [1.29, 1.82) is 0 Å². The summed E-state index contributed by atoms with van der Waals surface area (Å²) >= 11 is 0. The van der Waals surface area contributed by atoms with Crippen LogP contribution >= 0.6 is 0 Å². The lowest BCUT2D eigenvalue weighted by Gasteiger charge is -2.26. The van der Waals surface area contributed by atoms with Gasteiger partial charge < -0.3 is 10.6 Å². The summed E-state index contributed by atoms with van der Waals surface area (Å²) in [5.74, 6) is 1.18. The second-order valence-electron chi connectivity index (χ2n) is 8.41. The molecule has 0 aliphatic heterocycles. The first-order chi connectivity index (χ1) is 15.7. The Labute approximate surface area is 195 Å². The summed E-state index contributed by atoms with van der Waals surface area (Å²) in [6, 6.07) is 10.6. The number of carbonyl (C=O) groups excluding carboxylic acids is 2. The van der Waals surface area contributed by atoms with E-state index >= 15 is 0 Å². The molecule has 0 atom stereocenters. The molecule has 0 bridgehead atoms. The van der Waals surface area contributed by atoms with E-state index in [4.69, 9.17) is 0 Å². The van der Waals surface area contributed by atoms with Gasteiger partial charge in [0.05, 0.1) is 4.90 Å². The van der Waals surface area contributed by atoms with Crippen molar-refractivity contribution >= 4 is 27.9 Å². The van der Waals surface area contributed by atoms with Crippen molar-refractivity contribution in [2.45, 2.75) is 50.0 Å². The zero-order chi connectivity index (χ0) is 23.8. The number of sulfonamides is 1. The van der Waals surface area contributed by atoms with Gasteiger partial charge in [-0.3, -0.25) is 4.90 Å². The molecule has 9 nitrogen and oxygen atoms in total. The van der Waals surface area contributed by atoms with Crippen LogP contribution in [0.1, 0.15) is 38.2 Å². The van der Waals surface area contributed by atoms with Gasteiger partial charge in [0, 0.05) is 25.8 Å². The fourth-order valence-corrected chi connectivity index (χ4v) is 4.64. The zero-order valence-electron chi connectivity index (χ0n) is 19.0. The number of nitrogens with zero attached hydrogens (tertiary/aromatic N) is 2. The van der Waals surface area contributed by atoms with E-state index < -0.39 is 16.1 Å². The van der Waals surface area contributed by atoms with Gasteiger partial charge in [-0.05, 0) is 67.9 Å². The second kappa shape index (κ2) is 11.1. The molecular weight excluding hydrogens is 442 g/mol. The minimum atomic E-state index is -3.96. The minimum Gasteiger partial charge on any atom is -0.337 e. The monoisotopic (exact) mass is 473 g/mol. The van der Waals surface area contributed by atoms with Gasteiger partial charge in [0.1, 0.15) is 5.82 Å². The molecule has 4 amide bonds. The first kappa shape index (κ1) is 24.5. The predicted octanol–water partition coefficient (Wildman–Crippen LogP) is 3.04. The molecule has 1 aromatic carbocycles. The Kier molecular flexibility index (Phi) is 8.26. The molecule has 1 aliphatic carbocycles. The maximum atomic E-state index is 12.5. The van der Waals surface area contributed by atoms with Gasteiger partial charge in [-0.15, -0.1) is 0 Å². The molecule has 10 heteroatoms. The normalized spacial score (nSPS) is 18.2. The maximum absolute atomic E-state index is 12.5. The van der Waals surface area contributed by atoms with Crippen molar-refractivity contribution in [2.24, 2.45) is 5.92 Å². The Morgan fingerprint density at radius 3 is 2.39 bits per heavy atom. The first-order valence-electron chi connectivity index (χ1n) is 11.1.